The zero-order valence-electron chi connectivity index (χ0n) is 15.9. The number of aliphatic hydroxyl groups excluding tert-OH is 2. The van der Waals surface area contributed by atoms with Gasteiger partial charge in [-0.3, -0.25) is 0 Å². The quantitative estimate of drug-likeness (QED) is 0.413. The lowest BCUT2D eigenvalue weighted by atomic mass is 9.91. The molecule has 0 fully saturated rings. The summed E-state index contributed by atoms with van der Waals surface area (Å²) in [6.45, 7) is 8.50. The Hall–Kier alpha value is -0.380. The predicted octanol–water partition coefficient (Wildman–Crippen LogP) is 4.45. The molecule has 0 amide bonds. The molecule has 0 bridgehead atoms. The van der Waals surface area contributed by atoms with Crippen LogP contribution in [0.1, 0.15) is 85.5 Å². The predicted molar refractivity (Wildman–Crippen MR) is 98.4 cm³/mol. The molecular formula is C20H40O3. The molecule has 0 aliphatic rings. The van der Waals surface area contributed by atoms with Crippen LogP contribution >= 0.6 is 0 Å². The molecule has 0 aliphatic carbocycles. The summed E-state index contributed by atoms with van der Waals surface area (Å²) in [5.41, 5.74) is 0.437. The molecule has 0 rings (SSSR count). The lowest BCUT2D eigenvalue weighted by molar-refractivity contribution is 0.0668. The second-order valence-corrected chi connectivity index (χ2v) is 7.94. The summed E-state index contributed by atoms with van der Waals surface area (Å²) in [6.07, 6.45) is 12.0. The second-order valence-electron chi connectivity index (χ2n) is 7.94. The molecule has 0 saturated carbocycles. The molecule has 3 heteroatoms. The molecule has 0 aromatic rings. The zero-order valence-corrected chi connectivity index (χ0v) is 15.9. The largest absolute Gasteiger partial charge is 0.392 e. The van der Waals surface area contributed by atoms with E-state index in [0.29, 0.717) is 0 Å². The van der Waals surface area contributed by atoms with E-state index in [0.717, 1.165) is 43.1 Å². The topological polar surface area (TPSA) is 60.7 Å². The van der Waals surface area contributed by atoms with Crippen LogP contribution in [0.15, 0.2) is 11.6 Å². The molecule has 2 atom stereocenters. The van der Waals surface area contributed by atoms with Gasteiger partial charge in [0.05, 0.1) is 18.8 Å². The van der Waals surface area contributed by atoms with Crippen molar-refractivity contribution < 1.29 is 15.3 Å². The average Bonchev–Trinajstić information content (AvgIpc) is 2.45. The van der Waals surface area contributed by atoms with E-state index in [1.54, 1.807) is 6.08 Å². The van der Waals surface area contributed by atoms with Crippen LogP contribution in [0.3, 0.4) is 0 Å². The van der Waals surface area contributed by atoms with Crippen molar-refractivity contribution >= 4 is 0 Å². The second kappa shape index (κ2) is 13.0. The Bertz CT molecular complexity index is 304. The smallest absolute Gasteiger partial charge is 0.0642 e. The minimum atomic E-state index is -0.522. The summed E-state index contributed by atoms with van der Waals surface area (Å²) in [5.74, 6) is 1.48. The van der Waals surface area contributed by atoms with Gasteiger partial charge in [-0.25, -0.2) is 0 Å². The molecular weight excluding hydrogens is 288 g/mol. The van der Waals surface area contributed by atoms with Gasteiger partial charge in [0, 0.05) is 0 Å². The third kappa shape index (κ3) is 14.9. The van der Waals surface area contributed by atoms with Gasteiger partial charge in [-0.2, -0.15) is 0 Å². The van der Waals surface area contributed by atoms with Gasteiger partial charge in [-0.15, -0.1) is 0 Å². The first-order valence-corrected chi connectivity index (χ1v) is 9.40. The van der Waals surface area contributed by atoms with Crippen molar-refractivity contribution in [2.24, 2.45) is 11.8 Å². The van der Waals surface area contributed by atoms with Crippen LogP contribution in [0.2, 0.25) is 0 Å². The van der Waals surface area contributed by atoms with Gasteiger partial charge < -0.3 is 15.3 Å². The molecule has 0 aliphatic heterocycles. The van der Waals surface area contributed by atoms with Gasteiger partial charge in [0.1, 0.15) is 0 Å². The van der Waals surface area contributed by atoms with E-state index in [9.17, 15) is 5.11 Å². The first kappa shape index (κ1) is 22.6. The van der Waals surface area contributed by atoms with Crippen molar-refractivity contribution in [1.29, 1.82) is 0 Å². The molecule has 0 spiro atoms. The average molecular weight is 329 g/mol. The van der Waals surface area contributed by atoms with Crippen molar-refractivity contribution in [3.05, 3.63) is 11.6 Å². The first-order valence-electron chi connectivity index (χ1n) is 9.40. The molecule has 0 unspecified atom stereocenters. The highest BCUT2D eigenvalue weighted by Crippen LogP contribution is 2.22. The molecule has 3 nitrogen and oxygen atoms in total. The van der Waals surface area contributed by atoms with Gasteiger partial charge in [-0.05, 0) is 50.5 Å². The number of aliphatic hydroxyl groups is 3. The Balaban J connectivity index is 3.65. The maximum absolute atomic E-state index is 9.72. The van der Waals surface area contributed by atoms with Crippen LogP contribution < -0.4 is 0 Å². The van der Waals surface area contributed by atoms with Crippen LogP contribution in [0, 0.1) is 11.8 Å². The monoisotopic (exact) mass is 328 g/mol. The molecule has 23 heavy (non-hydrogen) atoms. The van der Waals surface area contributed by atoms with Crippen LogP contribution in [-0.2, 0) is 0 Å². The highest BCUT2D eigenvalue weighted by atomic mass is 16.3. The Kier molecular flexibility index (Phi) is 12.8. The number of hydrogen-bond acceptors (Lipinski definition) is 3. The van der Waals surface area contributed by atoms with Gasteiger partial charge in [0.25, 0.3) is 0 Å². The third-order valence-corrected chi connectivity index (χ3v) is 4.66. The van der Waals surface area contributed by atoms with E-state index in [1.165, 1.54) is 32.1 Å². The minimum Gasteiger partial charge on any atom is -0.392 e. The Morgan fingerprint density at radius 3 is 1.91 bits per heavy atom. The highest BCUT2D eigenvalue weighted by molar-refractivity contribution is 5.01. The zero-order chi connectivity index (χ0) is 17.7. The molecule has 0 aromatic carbocycles. The highest BCUT2D eigenvalue weighted by Gasteiger charge is 2.13. The van der Waals surface area contributed by atoms with Crippen molar-refractivity contribution in [2.45, 2.75) is 91.1 Å². The van der Waals surface area contributed by atoms with E-state index < -0.39 is 5.60 Å². The molecule has 3 N–H and O–H groups in total. The fourth-order valence-corrected chi connectivity index (χ4v) is 3.04. The lowest BCUT2D eigenvalue weighted by Gasteiger charge is -2.19. The number of hydrogen-bond donors (Lipinski definition) is 3. The van der Waals surface area contributed by atoms with Crippen LogP contribution in [0.5, 0.6) is 0 Å². The summed E-state index contributed by atoms with van der Waals surface area (Å²) in [7, 11) is 0. The van der Waals surface area contributed by atoms with Crippen LogP contribution in [-0.4, -0.2) is 34.1 Å². The van der Waals surface area contributed by atoms with Crippen molar-refractivity contribution in [1.82, 2.24) is 0 Å². The van der Waals surface area contributed by atoms with Crippen molar-refractivity contribution in [3.63, 3.8) is 0 Å². The van der Waals surface area contributed by atoms with Crippen molar-refractivity contribution in [3.8, 4) is 0 Å². The summed E-state index contributed by atoms with van der Waals surface area (Å²) < 4.78 is 0. The molecule has 0 radical (unpaired) electrons. The summed E-state index contributed by atoms with van der Waals surface area (Å²) in [6, 6.07) is 0. The summed E-state index contributed by atoms with van der Waals surface area (Å²) >= 11 is 0. The third-order valence-electron chi connectivity index (χ3n) is 4.66. The fraction of sp³-hybridized carbons (Fsp3) is 0.900. The van der Waals surface area contributed by atoms with Gasteiger partial charge >= 0.3 is 0 Å². The van der Waals surface area contributed by atoms with Gasteiger partial charge in [0.2, 0.25) is 0 Å². The molecule has 0 saturated heterocycles. The standard InChI is InChI=1S/C20H40O3/c1-17(10-6-12-19(16-22)13-15-21)8-5-9-18(2)11-7-14-20(3,4)23/h13,17-18,21-23H,5-12,14-16H2,1-4H3/b19-13-/t17-,18+/m0/s1. The summed E-state index contributed by atoms with van der Waals surface area (Å²) in [5, 5.41) is 27.7. The van der Waals surface area contributed by atoms with E-state index in [1.807, 2.05) is 13.8 Å². The summed E-state index contributed by atoms with van der Waals surface area (Å²) in [4.78, 5) is 0. The lowest BCUT2D eigenvalue weighted by Crippen LogP contribution is -2.18. The van der Waals surface area contributed by atoms with E-state index in [2.05, 4.69) is 13.8 Å². The van der Waals surface area contributed by atoms with E-state index in [4.69, 9.17) is 10.2 Å². The maximum atomic E-state index is 9.72. The number of rotatable bonds is 14. The van der Waals surface area contributed by atoms with Crippen LogP contribution in [0.4, 0.5) is 0 Å². The molecule has 138 valence electrons. The van der Waals surface area contributed by atoms with Crippen molar-refractivity contribution in [2.75, 3.05) is 13.2 Å². The Morgan fingerprint density at radius 1 is 0.913 bits per heavy atom. The van der Waals surface area contributed by atoms with E-state index in [-0.39, 0.29) is 13.2 Å². The Morgan fingerprint density at radius 2 is 1.43 bits per heavy atom. The molecule has 0 heterocycles. The Labute approximate surface area is 143 Å². The first-order chi connectivity index (χ1) is 10.8. The maximum Gasteiger partial charge on any atom is 0.0642 e. The fourth-order valence-electron chi connectivity index (χ4n) is 3.04. The van der Waals surface area contributed by atoms with Crippen LogP contribution in [0.25, 0.3) is 0 Å². The molecule has 0 aromatic heterocycles. The normalized spacial score (nSPS) is 15.7. The minimum absolute atomic E-state index is 0.0246. The SMILES string of the molecule is C[C@H](CCC/C(=C/CO)CO)CCC[C@@H](C)CCCC(C)(C)O. The van der Waals surface area contributed by atoms with Gasteiger partial charge in [0.15, 0.2) is 0 Å². The van der Waals surface area contributed by atoms with Gasteiger partial charge in [-0.1, -0.05) is 58.4 Å². The van der Waals surface area contributed by atoms with E-state index >= 15 is 0 Å².